The number of pyridine rings is 1. The summed E-state index contributed by atoms with van der Waals surface area (Å²) < 4.78 is 6.78. The van der Waals surface area contributed by atoms with Gasteiger partial charge in [0.1, 0.15) is 5.54 Å². The van der Waals surface area contributed by atoms with Gasteiger partial charge in [0.2, 0.25) is 0 Å². The number of rotatable bonds is 4. The van der Waals surface area contributed by atoms with Crippen LogP contribution in [0.2, 0.25) is 18.1 Å². The Hall–Kier alpha value is -1.64. The highest BCUT2D eigenvalue weighted by Crippen LogP contribution is 2.43. The quantitative estimate of drug-likeness (QED) is 0.598. The van der Waals surface area contributed by atoms with Crippen molar-refractivity contribution < 1.29 is 14.3 Å². The fraction of sp³-hybridized carbons (Fsp3) is 0.667. The van der Waals surface area contributed by atoms with E-state index in [0.29, 0.717) is 17.8 Å². The maximum absolute atomic E-state index is 11.7. The zero-order valence-corrected chi connectivity index (χ0v) is 17.6. The molecule has 0 bridgehead atoms. The molecule has 8 heteroatoms. The number of nitrogens with one attached hydrogen (secondary N) is 2. The molecule has 1 aliphatic heterocycles. The number of amides is 1. The van der Waals surface area contributed by atoms with Crippen LogP contribution in [0.4, 0.5) is 10.5 Å². The lowest BCUT2D eigenvalue weighted by Crippen LogP contribution is -2.68. The first-order valence-electron chi connectivity index (χ1n) is 9.00. The van der Waals surface area contributed by atoms with Gasteiger partial charge in [-0.1, -0.05) is 27.7 Å². The van der Waals surface area contributed by atoms with Crippen molar-refractivity contribution in [2.75, 3.05) is 18.8 Å². The maximum atomic E-state index is 11.7. The monoisotopic (exact) mass is 380 g/mol. The number of nitrogens with zero attached hydrogens (tertiary/aromatic N) is 1. The van der Waals surface area contributed by atoms with Gasteiger partial charge in [-0.2, -0.15) is 0 Å². The summed E-state index contributed by atoms with van der Waals surface area (Å²) in [7, 11) is -2.14. The molecule has 1 amide bonds. The minimum atomic E-state index is -2.14. The lowest BCUT2D eigenvalue weighted by atomic mass is 9.76. The van der Waals surface area contributed by atoms with Gasteiger partial charge in [0.25, 0.3) is 0 Å². The van der Waals surface area contributed by atoms with Gasteiger partial charge in [-0.15, -0.1) is 0 Å². The van der Waals surface area contributed by atoms with Gasteiger partial charge in [-0.3, -0.25) is 4.98 Å². The number of piperidine rings is 1. The number of carbonyl (C=O) groups is 1. The molecule has 1 fully saturated rings. The second kappa shape index (κ2) is 7.17. The highest BCUT2D eigenvalue weighted by atomic mass is 28.4. The second-order valence-corrected chi connectivity index (χ2v) is 13.5. The van der Waals surface area contributed by atoms with Crippen LogP contribution in [0.5, 0.6) is 0 Å². The first-order valence-corrected chi connectivity index (χ1v) is 11.9. The average molecular weight is 381 g/mol. The largest absolute Gasteiger partial charge is 0.465 e. The number of anilines is 1. The van der Waals surface area contributed by atoms with E-state index in [1.54, 1.807) is 18.5 Å². The number of hydrogen-bond acceptors (Lipinski definition) is 5. The van der Waals surface area contributed by atoms with E-state index in [1.165, 1.54) is 0 Å². The Labute approximate surface area is 156 Å². The van der Waals surface area contributed by atoms with Crippen molar-refractivity contribution in [1.82, 2.24) is 15.6 Å². The molecular weight excluding hydrogens is 348 g/mol. The molecule has 0 radical (unpaired) electrons. The number of aromatic nitrogens is 1. The lowest BCUT2D eigenvalue weighted by molar-refractivity contribution is 0.00493. The molecule has 1 aromatic heterocycles. The third-order valence-electron chi connectivity index (χ3n) is 5.76. The third-order valence-corrected chi connectivity index (χ3v) is 10.2. The van der Waals surface area contributed by atoms with Crippen molar-refractivity contribution in [3.8, 4) is 0 Å². The van der Waals surface area contributed by atoms with Crippen LogP contribution in [-0.4, -0.2) is 43.7 Å². The molecule has 7 nitrogen and oxygen atoms in total. The summed E-state index contributed by atoms with van der Waals surface area (Å²) in [6.07, 6.45) is 1.77. The van der Waals surface area contributed by atoms with Gasteiger partial charge < -0.3 is 25.9 Å². The molecule has 5 N–H and O–H groups in total. The normalized spacial score (nSPS) is 27.2. The topological polar surface area (TPSA) is 110 Å². The number of nitrogens with two attached hydrogens (primary N) is 1. The van der Waals surface area contributed by atoms with E-state index in [9.17, 15) is 9.90 Å². The Morgan fingerprint density at radius 1 is 1.50 bits per heavy atom. The predicted molar refractivity (Wildman–Crippen MR) is 106 cm³/mol. The fourth-order valence-corrected chi connectivity index (χ4v) is 4.76. The molecule has 1 aliphatic rings. The van der Waals surface area contributed by atoms with Gasteiger partial charge in [-0.25, -0.2) is 4.79 Å². The van der Waals surface area contributed by atoms with Crippen LogP contribution in [0.25, 0.3) is 0 Å². The number of nitrogen functional groups attached to an aromatic ring is 1. The van der Waals surface area contributed by atoms with E-state index in [0.717, 1.165) is 6.54 Å². The summed E-state index contributed by atoms with van der Waals surface area (Å²) in [6, 6.07) is 1.78. The van der Waals surface area contributed by atoms with Gasteiger partial charge in [-0.05, 0) is 30.1 Å². The van der Waals surface area contributed by atoms with Crippen LogP contribution in [-0.2, 0) is 9.96 Å². The van der Waals surface area contributed by atoms with Crippen LogP contribution in [0.3, 0.4) is 0 Å². The van der Waals surface area contributed by atoms with Crippen LogP contribution in [0.15, 0.2) is 18.5 Å². The number of hydrogen-bond donors (Lipinski definition) is 4. The van der Waals surface area contributed by atoms with Crippen molar-refractivity contribution in [3.63, 3.8) is 0 Å². The van der Waals surface area contributed by atoms with E-state index in [2.05, 4.69) is 56.4 Å². The maximum Gasteiger partial charge on any atom is 0.405 e. The Morgan fingerprint density at radius 2 is 2.15 bits per heavy atom. The van der Waals surface area contributed by atoms with Crippen molar-refractivity contribution >= 4 is 20.1 Å². The highest BCUT2D eigenvalue weighted by molar-refractivity contribution is 6.74. The van der Waals surface area contributed by atoms with Gasteiger partial charge in [0, 0.05) is 24.8 Å². The molecule has 0 saturated carbocycles. The Balaban J connectivity index is 2.59. The molecule has 0 spiro atoms. The van der Waals surface area contributed by atoms with E-state index < -0.39 is 19.9 Å². The lowest BCUT2D eigenvalue weighted by Gasteiger charge is -2.52. The summed E-state index contributed by atoms with van der Waals surface area (Å²) in [5.41, 5.74) is 6.40. The molecule has 0 aliphatic carbocycles. The second-order valence-electron chi connectivity index (χ2n) is 8.77. The minimum Gasteiger partial charge on any atom is -0.465 e. The summed E-state index contributed by atoms with van der Waals surface area (Å²) in [5, 5.41) is 15.7. The van der Waals surface area contributed by atoms with E-state index in [4.69, 9.17) is 10.2 Å². The molecule has 26 heavy (non-hydrogen) atoms. The zero-order chi connectivity index (χ0) is 19.8. The molecule has 146 valence electrons. The van der Waals surface area contributed by atoms with Crippen molar-refractivity contribution in [3.05, 3.63) is 24.0 Å². The summed E-state index contributed by atoms with van der Waals surface area (Å²) in [6.45, 7) is 14.2. The summed E-state index contributed by atoms with van der Waals surface area (Å²) in [5.74, 6) is 0.109. The standard InChI is InChI=1S/C18H32N4O3Si/c1-12-9-21-11-18(22-16(23)24,13-7-8-20-10-14(13)19)15(12)25-26(5,6)17(2,3)4/h7-8,10,12,15,21-22H,9,11,19H2,1-6H3,(H,23,24)/t12-,15+,18-/m0/s1. The average Bonchev–Trinajstić information content (AvgIpc) is 2.49. The predicted octanol–water partition coefficient (Wildman–Crippen LogP) is 2.76. The smallest absolute Gasteiger partial charge is 0.405 e. The Kier molecular flexibility index (Phi) is 5.70. The molecule has 1 saturated heterocycles. The van der Waals surface area contributed by atoms with Gasteiger partial charge in [0.05, 0.1) is 18.0 Å². The van der Waals surface area contributed by atoms with Crippen molar-refractivity contribution in [2.24, 2.45) is 5.92 Å². The highest BCUT2D eigenvalue weighted by Gasteiger charge is 2.52. The van der Waals surface area contributed by atoms with Crippen LogP contribution in [0.1, 0.15) is 33.3 Å². The number of carboxylic acid groups (broad SMARTS) is 1. The third kappa shape index (κ3) is 3.87. The first kappa shape index (κ1) is 20.7. The van der Waals surface area contributed by atoms with E-state index in [1.807, 2.05) is 0 Å². The summed E-state index contributed by atoms with van der Waals surface area (Å²) >= 11 is 0. The molecule has 3 atom stereocenters. The van der Waals surface area contributed by atoms with Crippen LogP contribution < -0.4 is 16.4 Å². The Morgan fingerprint density at radius 3 is 2.69 bits per heavy atom. The van der Waals surface area contributed by atoms with E-state index >= 15 is 0 Å². The molecular formula is C18H32N4O3Si. The minimum absolute atomic E-state index is 0.0103. The van der Waals surface area contributed by atoms with Gasteiger partial charge >= 0.3 is 6.09 Å². The van der Waals surface area contributed by atoms with E-state index in [-0.39, 0.29) is 17.1 Å². The van der Waals surface area contributed by atoms with Gasteiger partial charge in [0.15, 0.2) is 8.32 Å². The first-order chi connectivity index (χ1) is 11.9. The zero-order valence-electron chi connectivity index (χ0n) is 16.6. The molecule has 2 rings (SSSR count). The Bertz CT molecular complexity index is 662. The van der Waals surface area contributed by atoms with Crippen LogP contribution >= 0.6 is 0 Å². The fourth-order valence-electron chi connectivity index (χ4n) is 3.34. The molecule has 2 heterocycles. The summed E-state index contributed by atoms with van der Waals surface area (Å²) in [4.78, 5) is 15.8. The van der Waals surface area contributed by atoms with Crippen LogP contribution in [0, 0.1) is 5.92 Å². The van der Waals surface area contributed by atoms with Crippen molar-refractivity contribution in [2.45, 2.75) is 57.5 Å². The molecule has 1 aromatic rings. The SMILES string of the molecule is C[C@H]1CNC[C@](NC(=O)O)(c2ccncc2N)[C@@H]1O[Si](C)(C)C(C)(C)C. The van der Waals surface area contributed by atoms with Crippen molar-refractivity contribution in [1.29, 1.82) is 0 Å². The molecule has 0 unspecified atom stereocenters. The molecule has 0 aromatic carbocycles.